The number of hydrogen-bond acceptors (Lipinski definition) is 5. The zero-order valence-corrected chi connectivity index (χ0v) is 15.3. The van der Waals surface area contributed by atoms with E-state index in [0.29, 0.717) is 0 Å². The first-order chi connectivity index (χ1) is 9.78. The van der Waals surface area contributed by atoms with Crippen LogP contribution >= 0.6 is 0 Å². The molecule has 0 atom stereocenters. The van der Waals surface area contributed by atoms with E-state index < -0.39 is 0 Å². The minimum absolute atomic E-state index is 0. The fourth-order valence-corrected chi connectivity index (χ4v) is 2.32. The van der Waals surface area contributed by atoms with Gasteiger partial charge in [-0.05, 0) is 26.0 Å². The Morgan fingerprint density at radius 2 is 1.95 bits per heavy atom. The first-order valence-electron chi connectivity index (χ1n) is 7.03. The summed E-state index contributed by atoms with van der Waals surface area (Å²) in [6.45, 7) is 10.6. The summed E-state index contributed by atoms with van der Waals surface area (Å²) in [6.07, 6.45) is 1.89. The number of nitrogens with zero attached hydrogens (tertiary/aromatic N) is 4. The molecule has 0 unspecified atom stereocenters. The van der Waals surface area contributed by atoms with Crippen molar-refractivity contribution in [2.24, 2.45) is 0 Å². The first kappa shape index (κ1) is 20.3. The third-order valence-electron chi connectivity index (χ3n) is 3.29. The second-order valence-corrected chi connectivity index (χ2v) is 4.38. The van der Waals surface area contributed by atoms with Crippen molar-refractivity contribution < 1.29 is 29.6 Å². The predicted octanol–water partition coefficient (Wildman–Crippen LogP) is -2.02. The largest absolute Gasteiger partial charge is 1.00 e. The molecule has 2 heterocycles. The number of hydrogen-bond donors (Lipinski definition) is 1. The molecule has 0 amide bonds. The smallest absolute Gasteiger partial charge is 0.466 e. The summed E-state index contributed by atoms with van der Waals surface area (Å²) >= 11 is 0. The van der Waals surface area contributed by atoms with Crippen molar-refractivity contribution in [1.29, 1.82) is 5.26 Å². The van der Waals surface area contributed by atoms with Gasteiger partial charge >= 0.3 is 29.6 Å². The van der Waals surface area contributed by atoms with Gasteiger partial charge in [0.2, 0.25) is 0 Å². The summed E-state index contributed by atoms with van der Waals surface area (Å²) in [5.41, 5.74) is 1.26. The predicted molar refractivity (Wildman–Crippen MR) is 84.2 cm³/mol. The van der Waals surface area contributed by atoms with Crippen LogP contribution in [-0.2, 0) is 0 Å². The van der Waals surface area contributed by atoms with E-state index >= 15 is 0 Å². The fraction of sp³-hybridized carbons (Fsp3) is 0.571. The number of nitriles is 1. The molecular weight excluding hydrogens is 272 g/mol. The summed E-state index contributed by atoms with van der Waals surface area (Å²) in [5, 5.41) is 10.5. The van der Waals surface area contributed by atoms with Crippen molar-refractivity contribution in [3.63, 3.8) is 0 Å². The van der Waals surface area contributed by atoms with Crippen LogP contribution in [0.25, 0.3) is 0 Å². The molecule has 1 saturated heterocycles. The van der Waals surface area contributed by atoms with Crippen LogP contribution in [0, 0.1) is 11.2 Å². The van der Waals surface area contributed by atoms with E-state index in [1.165, 1.54) is 11.7 Å². The Hall–Kier alpha value is -0.735. The van der Waals surface area contributed by atoms with Crippen LogP contribution in [0.15, 0.2) is 18.3 Å². The Balaban J connectivity index is 0.000000922. The molecule has 21 heavy (non-hydrogen) atoms. The zero-order chi connectivity index (χ0) is 14.8. The fourth-order valence-electron chi connectivity index (χ4n) is 2.32. The molecule has 0 bridgehead atoms. The SMILES string of the molecule is CCN(CC)c1cccnc1N1CCNCC1.[B-]C#N.[Na+]. The summed E-state index contributed by atoms with van der Waals surface area (Å²) in [5.74, 6) is 2.39. The molecule has 107 valence electrons. The monoisotopic (exact) mass is 294 g/mol. The van der Waals surface area contributed by atoms with Gasteiger partial charge in [-0.25, -0.2) is 4.98 Å². The number of piperazine rings is 1. The van der Waals surface area contributed by atoms with Gasteiger partial charge in [0.15, 0.2) is 5.82 Å². The second-order valence-electron chi connectivity index (χ2n) is 4.38. The molecule has 7 heteroatoms. The zero-order valence-electron chi connectivity index (χ0n) is 13.3. The maximum absolute atomic E-state index is 7.10. The van der Waals surface area contributed by atoms with Crippen LogP contribution in [0.1, 0.15) is 13.8 Å². The van der Waals surface area contributed by atoms with Gasteiger partial charge in [-0.15, -0.1) is 0 Å². The van der Waals surface area contributed by atoms with Crippen molar-refractivity contribution in [2.75, 3.05) is 49.1 Å². The van der Waals surface area contributed by atoms with Crippen molar-refractivity contribution >= 4 is 19.4 Å². The van der Waals surface area contributed by atoms with Crippen LogP contribution in [0.5, 0.6) is 0 Å². The van der Waals surface area contributed by atoms with Gasteiger partial charge in [-0.1, -0.05) is 0 Å². The molecule has 1 aromatic heterocycles. The van der Waals surface area contributed by atoms with E-state index in [0.717, 1.165) is 45.1 Å². The first-order valence-corrected chi connectivity index (χ1v) is 7.03. The number of anilines is 2. The van der Waals surface area contributed by atoms with Gasteiger partial charge in [0.25, 0.3) is 0 Å². The Labute approximate surface area is 151 Å². The van der Waals surface area contributed by atoms with Crippen molar-refractivity contribution in [2.45, 2.75) is 13.8 Å². The van der Waals surface area contributed by atoms with Crippen LogP contribution in [-0.4, -0.2) is 52.1 Å². The molecule has 2 rings (SSSR count). The number of aromatic nitrogens is 1. The molecule has 1 aliphatic rings. The van der Waals surface area contributed by atoms with Crippen LogP contribution in [0.3, 0.4) is 0 Å². The Morgan fingerprint density at radius 3 is 2.48 bits per heavy atom. The standard InChI is InChI=1S/C13H22N4.CBN.Na/c1-3-16(4-2)12-6-5-7-15-13(12)17-10-8-14-9-11-17;2-1-3;/h5-7,14H,3-4,8-11H2,1-2H3;;/q;-1;+1. The summed E-state index contributed by atoms with van der Waals surface area (Å²) in [7, 11) is 4.15. The minimum Gasteiger partial charge on any atom is -0.466 e. The molecule has 3 radical (unpaired) electrons. The van der Waals surface area contributed by atoms with Crippen LogP contribution in [0.2, 0.25) is 0 Å². The summed E-state index contributed by atoms with van der Waals surface area (Å²) in [6, 6.07) is 4.21. The van der Waals surface area contributed by atoms with E-state index in [2.05, 4.69) is 47.9 Å². The van der Waals surface area contributed by atoms with Crippen molar-refractivity contribution in [3.8, 4) is 5.97 Å². The van der Waals surface area contributed by atoms with Gasteiger partial charge < -0.3 is 23.0 Å². The van der Waals surface area contributed by atoms with Gasteiger partial charge in [0, 0.05) is 45.5 Å². The van der Waals surface area contributed by atoms with Crippen molar-refractivity contribution in [1.82, 2.24) is 10.3 Å². The van der Waals surface area contributed by atoms with E-state index in [9.17, 15) is 0 Å². The number of pyridine rings is 1. The molecule has 1 aliphatic heterocycles. The third-order valence-corrected chi connectivity index (χ3v) is 3.29. The summed E-state index contributed by atoms with van der Waals surface area (Å²) in [4.78, 5) is 9.32. The Morgan fingerprint density at radius 1 is 1.38 bits per heavy atom. The maximum Gasteiger partial charge on any atom is 1.00 e. The summed E-state index contributed by atoms with van der Waals surface area (Å²) < 4.78 is 0. The minimum atomic E-state index is 0. The molecule has 0 aromatic carbocycles. The second kappa shape index (κ2) is 11.9. The molecule has 0 spiro atoms. The molecule has 1 aromatic rings. The van der Waals surface area contributed by atoms with Crippen LogP contribution < -0.4 is 44.7 Å². The van der Waals surface area contributed by atoms with Gasteiger partial charge in [0.05, 0.1) is 5.69 Å². The Kier molecular flexibility index (Phi) is 11.5. The number of nitrogens with one attached hydrogen (secondary N) is 1. The normalized spacial score (nSPS) is 13.3. The van der Waals surface area contributed by atoms with E-state index in [1.807, 2.05) is 12.3 Å². The molecule has 1 N–H and O–H groups in total. The van der Waals surface area contributed by atoms with Gasteiger partial charge in [-0.3, -0.25) is 11.2 Å². The van der Waals surface area contributed by atoms with E-state index in [4.69, 9.17) is 5.26 Å². The molecule has 0 aliphatic carbocycles. The van der Waals surface area contributed by atoms with Gasteiger partial charge in [-0.2, -0.15) is 0 Å². The number of rotatable bonds is 4. The van der Waals surface area contributed by atoms with E-state index in [1.54, 1.807) is 0 Å². The van der Waals surface area contributed by atoms with Gasteiger partial charge in [0.1, 0.15) is 0 Å². The average molecular weight is 294 g/mol. The van der Waals surface area contributed by atoms with Crippen LogP contribution in [0.4, 0.5) is 11.5 Å². The van der Waals surface area contributed by atoms with E-state index in [-0.39, 0.29) is 29.6 Å². The third kappa shape index (κ3) is 6.27. The maximum atomic E-state index is 7.10. The average Bonchev–Trinajstić information content (AvgIpc) is 2.51. The molecule has 5 nitrogen and oxygen atoms in total. The molecular formula is C14H22BN5Na. The van der Waals surface area contributed by atoms with Crippen molar-refractivity contribution in [3.05, 3.63) is 18.3 Å². The molecule has 1 fully saturated rings. The quantitative estimate of drug-likeness (QED) is 0.650. The Bertz CT molecular complexity index is 428. The topological polar surface area (TPSA) is 55.2 Å². The molecule has 0 saturated carbocycles.